The van der Waals surface area contributed by atoms with Crippen LogP contribution >= 0.6 is 0 Å². The van der Waals surface area contributed by atoms with Crippen LogP contribution in [0, 0.1) is 11.7 Å². The van der Waals surface area contributed by atoms with Crippen LogP contribution < -0.4 is 0 Å². The lowest BCUT2D eigenvalue weighted by atomic mass is 9.95. The molecule has 0 amide bonds. The molecule has 1 saturated heterocycles. The van der Waals surface area contributed by atoms with E-state index in [2.05, 4.69) is 11.8 Å². The molecule has 0 aliphatic carbocycles. The van der Waals surface area contributed by atoms with E-state index < -0.39 is 5.97 Å². The van der Waals surface area contributed by atoms with Crippen molar-refractivity contribution in [1.82, 2.24) is 4.90 Å². The number of benzene rings is 1. The first-order valence-corrected chi connectivity index (χ1v) is 7.29. The average Bonchev–Trinajstić information content (AvgIpc) is 2.76. The number of unbranched alkanes of at least 4 members (excludes halogenated alkanes) is 1. The first-order chi connectivity index (χ1) is 9.58. The number of aliphatic carboxylic acids is 1. The molecule has 1 heterocycles. The Morgan fingerprint density at radius 2 is 2.25 bits per heavy atom. The van der Waals surface area contributed by atoms with Crippen LogP contribution in [0.3, 0.4) is 0 Å². The highest BCUT2D eigenvalue weighted by Gasteiger charge is 2.31. The Bertz CT molecular complexity index is 464. The van der Waals surface area contributed by atoms with E-state index in [1.807, 2.05) is 6.07 Å². The Balaban J connectivity index is 1.96. The Kier molecular flexibility index (Phi) is 5.12. The van der Waals surface area contributed by atoms with Crippen molar-refractivity contribution in [2.75, 3.05) is 13.1 Å². The van der Waals surface area contributed by atoms with Gasteiger partial charge in [0.25, 0.3) is 0 Å². The monoisotopic (exact) mass is 279 g/mol. The summed E-state index contributed by atoms with van der Waals surface area (Å²) in [7, 11) is 0. The van der Waals surface area contributed by atoms with Crippen LogP contribution in [0.25, 0.3) is 0 Å². The van der Waals surface area contributed by atoms with Gasteiger partial charge in [-0.2, -0.15) is 0 Å². The van der Waals surface area contributed by atoms with Gasteiger partial charge in [-0.15, -0.1) is 0 Å². The molecule has 0 aromatic heterocycles. The number of carboxylic acid groups (broad SMARTS) is 1. The second-order valence-corrected chi connectivity index (χ2v) is 5.65. The van der Waals surface area contributed by atoms with Gasteiger partial charge in [0.1, 0.15) is 5.82 Å². The molecular weight excluding hydrogens is 257 g/mol. The summed E-state index contributed by atoms with van der Waals surface area (Å²) in [6.45, 7) is 4.10. The van der Waals surface area contributed by atoms with Crippen molar-refractivity contribution in [3.63, 3.8) is 0 Å². The van der Waals surface area contributed by atoms with Crippen LogP contribution in [-0.2, 0) is 4.79 Å². The van der Waals surface area contributed by atoms with Crippen LogP contribution in [0.5, 0.6) is 0 Å². The van der Waals surface area contributed by atoms with Crippen LogP contribution in [0.2, 0.25) is 0 Å². The standard InChI is InChI=1S/C16H22FNO2/c1-12-8-10-18(9-3-2-7-15(19)20)16(12)13-5-4-6-14(17)11-13/h4-6,11-12,16H,2-3,7-10H2,1H3,(H,19,20)/t12-,16+/m0/s1. The summed E-state index contributed by atoms with van der Waals surface area (Å²) in [6, 6.07) is 7.10. The van der Waals surface area contributed by atoms with Crippen LogP contribution in [0.1, 0.15) is 44.2 Å². The van der Waals surface area contributed by atoms with E-state index in [4.69, 9.17) is 5.11 Å². The summed E-state index contributed by atoms with van der Waals surface area (Å²) in [5.41, 5.74) is 1.04. The van der Waals surface area contributed by atoms with Gasteiger partial charge in [-0.3, -0.25) is 9.69 Å². The van der Waals surface area contributed by atoms with Gasteiger partial charge in [-0.05, 0) is 56.0 Å². The number of halogens is 1. The van der Waals surface area contributed by atoms with E-state index in [1.165, 1.54) is 6.07 Å². The van der Waals surface area contributed by atoms with Gasteiger partial charge in [0.05, 0.1) is 0 Å². The number of likely N-dealkylation sites (tertiary alicyclic amines) is 1. The highest BCUT2D eigenvalue weighted by Crippen LogP contribution is 2.37. The Morgan fingerprint density at radius 3 is 2.95 bits per heavy atom. The molecular formula is C16H22FNO2. The Labute approximate surface area is 119 Å². The average molecular weight is 279 g/mol. The highest BCUT2D eigenvalue weighted by atomic mass is 19.1. The summed E-state index contributed by atoms with van der Waals surface area (Å²) >= 11 is 0. The van der Waals surface area contributed by atoms with Crippen molar-refractivity contribution in [3.8, 4) is 0 Å². The molecule has 1 aliphatic heterocycles. The van der Waals surface area contributed by atoms with Gasteiger partial charge in [-0.25, -0.2) is 4.39 Å². The maximum Gasteiger partial charge on any atom is 0.303 e. The third-order valence-electron chi connectivity index (χ3n) is 4.08. The number of nitrogens with zero attached hydrogens (tertiary/aromatic N) is 1. The van der Waals surface area contributed by atoms with Gasteiger partial charge < -0.3 is 5.11 Å². The normalized spacial score (nSPS) is 23.1. The molecule has 0 spiro atoms. The molecule has 20 heavy (non-hydrogen) atoms. The van der Waals surface area contributed by atoms with Gasteiger partial charge in [0, 0.05) is 12.5 Å². The van der Waals surface area contributed by atoms with Crippen molar-refractivity contribution in [2.45, 2.75) is 38.6 Å². The first kappa shape index (κ1) is 15.0. The quantitative estimate of drug-likeness (QED) is 0.811. The fourth-order valence-corrected chi connectivity index (χ4v) is 3.10. The van der Waals surface area contributed by atoms with Gasteiger partial charge >= 0.3 is 5.97 Å². The van der Waals surface area contributed by atoms with Gasteiger partial charge in [-0.1, -0.05) is 19.1 Å². The number of rotatable bonds is 6. The molecule has 4 heteroatoms. The maximum atomic E-state index is 13.4. The summed E-state index contributed by atoms with van der Waals surface area (Å²) in [6.07, 6.45) is 2.93. The minimum Gasteiger partial charge on any atom is -0.481 e. The molecule has 1 aliphatic rings. The van der Waals surface area contributed by atoms with Crippen molar-refractivity contribution < 1.29 is 14.3 Å². The molecule has 1 fully saturated rings. The minimum absolute atomic E-state index is 0.188. The molecule has 2 rings (SSSR count). The number of carboxylic acids is 1. The van der Waals surface area contributed by atoms with Crippen molar-refractivity contribution in [1.29, 1.82) is 0 Å². The van der Waals surface area contributed by atoms with Crippen LogP contribution in [0.15, 0.2) is 24.3 Å². The zero-order chi connectivity index (χ0) is 14.5. The van der Waals surface area contributed by atoms with E-state index in [0.29, 0.717) is 12.3 Å². The predicted molar refractivity (Wildman–Crippen MR) is 76.0 cm³/mol. The lowest BCUT2D eigenvalue weighted by molar-refractivity contribution is -0.137. The van der Waals surface area contributed by atoms with E-state index in [1.54, 1.807) is 12.1 Å². The minimum atomic E-state index is -0.735. The van der Waals surface area contributed by atoms with E-state index in [0.717, 1.165) is 31.5 Å². The van der Waals surface area contributed by atoms with Gasteiger partial charge in [0.2, 0.25) is 0 Å². The summed E-state index contributed by atoms with van der Waals surface area (Å²) in [4.78, 5) is 12.9. The lowest BCUT2D eigenvalue weighted by Gasteiger charge is -2.27. The second kappa shape index (κ2) is 6.84. The topological polar surface area (TPSA) is 40.5 Å². The zero-order valence-corrected chi connectivity index (χ0v) is 11.9. The molecule has 0 unspecified atom stereocenters. The number of carbonyl (C=O) groups is 1. The molecule has 1 aromatic rings. The molecule has 110 valence electrons. The van der Waals surface area contributed by atoms with Crippen molar-refractivity contribution in [3.05, 3.63) is 35.6 Å². The molecule has 0 radical (unpaired) electrons. The summed E-state index contributed by atoms with van der Waals surface area (Å²) < 4.78 is 13.4. The number of hydrogen-bond donors (Lipinski definition) is 1. The molecule has 2 atom stereocenters. The lowest BCUT2D eigenvalue weighted by Crippen LogP contribution is -2.26. The molecule has 0 saturated carbocycles. The first-order valence-electron chi connectivity index (χ1n) is 7.29. The molecule has 0 bridgehead atoms. The second-order valence-electron chi connectivity index (χ2n) is 5.65. The maximum absolute atomic E-state index is 13.4. The van der Waals surface area contributed by atoms with Gasteiger partial charge in [0.15, 0.2) is 0 Å². The zero-order valence-electron chi connectivity index (χ0n) is 11.9. The third-order valence-corrected chi connectivity index (χ3v) is 4.08. The van der Waals surface area contributed by atoms with E-state index in [-0.39, 0.29) is 18.3 Å². The molecule has 1 N–H and O–H groups in total. The van der Waals surface area contributed by atoms with E-state index in [9.17, 15) is 9.18 Å². The van der Waals surface area contributed by atoms with E-state index >= 15 is 0 Å². The third kappa shape index (κ3) is 3.79. The van der Waals surface area contributed by atoms with Crippen molar-refractivity contribution in [2.24, 2.45) is 5.92 Å². The Hall–Kier alpha value is -1.42. The SMILES string of the molecule is C[C@H]1CCN(CCCCC(=O)O)[C@H]1c1cccc(F)c1. The summed E-state index contributed by atoms with van der Waals surface area (Å²) in [5, 5.41) is 8.65. The van der Waals surface area contributed by atoms with Crippen LogP contribution in [-0.4, -0.2) is 29.1 Å². The fraction of sp³-hybridized carbons (Fsp3) is 0.562. The number of hydrogen-bond acceptors (Lipinski definition) is 2. The fourth-order valence-electron chi connectivity index (χ4n) is 3.10. The smallest absolute Gasteiger partial charge is 0.303 e. The molecule has 1 aromatic carbocycles. The van der Waals surface area contributed by atoms with Crippen molar-refractivity contribution >= 4 is 5.97 Å². The van der Waals surface area contributed by atoms with Crippen LogP contribution in [0.4, 0.5) is 4.39 Å². The highest BCUT2D eigenvalue weighted by molar-refractivity contribution is 5.66. The predicted octanol–water partition coefficient (Wildman–Crippen LogP) is 3.46. The largest absolute Gasteiger partial charge is 0.481 e. The summed E-state index contributed by atoms with van der Waals surface area (Å²) in [5.74, 6) is -0.412. The molecule has 3 nitrogen and oxygen atoms in total. The Morgan fingerprint density at radius 1 is 1.45 bits per heavy atom.